The molecule has 0 amide bonds. The maximum atomic E-state index is 5.28. The minimum atomic E-state index is 0.439. The maximum absolute atomic E-state index is 5.28. The first-order valence-corrected chi connectivity index (χ1v) is 4.65. The lowest BCUT2D eigenvalue weighted by Crippen LogP contribution is -2.23. The molecule has 0 aromatic carbocycles. The summed E-state index contributed by atoms with van der Waals surface area (Å²) in [4.78, 5) is 0. The summed E-state index contributed by atoms with van der Waals surface area (Å²) in [6.45, 7) is 7.47. The van der Waals surface area contributed by atoms with E-state index in [1.807, 2.05) is 0 Å². The van der Waals surface area contributed by atoms with Crippen LogP contribution in [-0.2, 0) is 4.74 Å². The maximum Gasteiger partial charge on any atom is 0.105 e. The van der Waals surface area contributed by atoms with Gasteiger partial charge < -0.3 is 4.74 Å². The molecule has 11 heavy (non-hydrogen) atoms. The summed E-state index contributed by atoms with van der Waals surface area (Å²) in [5, 5.41) is 0. The predicted octanol–water partition coefficient (Wildman–Crippen LogP) is 3.37. The summed E-state index contributed by atoms with van der Waals surface area (Å²) in [5.74, 6) is 0.938. The van der Waals surface area contributed by atoms with Crippen molar-refractivity contribution in [3.05, 3.63) is 23.4 Å². The summed E-state index contributed by atoms with van der Waals surface area (Å²) in [5.41, 5.74) is 0. The standard InChI is InChI=1S/C9H13BrO/c1-7(10)4-3-5-9-6-8(2)11-9/h9H,1-6H2. The molecular formula is C9H13BrO. The van der Waals surface area contributed by atoms with Crippen molar-refractivity contribution >= 4 is 15.9 Å². The number of rotatable bonds is 4. The van der Waals surface area contributed by atoms with E-state index in [2.05, 4.69) is 29.1 Å². The second-order valence-electron chi connectivity index (χ2n) is 2.89. The van der Waals surface area contributed by atoms with E-state index in [1.54, 1.807) is 0 Å². The SMILES string of the molecule is C=C(Br)CCCC1CC(=C)O1. The van der Waals surface area contributed by atoms with Crippen molar-refractivity contribution in [2.45, 2.75) is 31.8 Å². The van der Waals surface area contributed by atoms with Crippen LogP contribution in [0.3, 0.4) is 0 Å². The number of ether oxygens (including phenoxy) is 1. The third-order valence-electron chi connectivity index (χ3n) is 1.76. The van der Waals surface area contributed by atoms with E-state index in [9.17, 15) is 0 Å². The van der Waals surface area contributed by atoms with Crippen LogP contribution in [-0.4, -0.2) is 6.10 Å². The largest absolute Gasteiger partial charge is 0.495 e. The van der Waals surface area contributed by atoms with Crippen molar-refractivity contribution in [3.8, 4) is 0 Å². The van der Waals surface area contributed by atoms with Crippen LogP contribution < -0.4 is 0 Å². The zero-order chi connectivity index (χ0) is 8.27. The van der Waals surface area contributed by atoms with E-state index in [0.29, 0.717) is 6.10 Å². The third-order valence-corrected chi connectivity index (χ3v) is 2.16. The molecule has 0 aromatic heterocycles. The molecule has 1 fully saturated rings. The van der Waals surface area contributed by atoms with Crippen molar-refractivity contribution < 1.29 is 4.74 Å². The van der Waals surface area contributed by atoms with Crippen LogP contribution in [0.2, 0.25) is 0 Å². The molecule has 1 nitrogen and oxygen atoms in total. The lowest BCUT2D eigenvalue weighted by atomic mass is 10.0. The van der Waals surface area contributed by atoms with Gasteiger partial charge in [0.2, 0.25) is 0 Å². The molecule has 0 saturated carbocycles. The molecule has 1 aliphatic rings. The number of halogens is 1. The van der Waals surface area contributed by atoms with Gasteiger partial charge in [0, 0.05) is 6.42 Å². The van der Waals surface area contributed by atoms with Crippen LogP contribution in [0.1, 0.15) is 25.7 Å². The van der Waals surface area contributed by atoms with Crippen LogP contribution >= 0.6 is 15.9 Å². The molecule has 0 N–H and O–H groups in total. The normalized spacial score (nSPS) is 22.3. The van der Waals surface area contributed by atoms with Gasteiger partial charge in [-0.25, -0.2) is 0 Å². The van der Waals surface area contributed by atoms with Crippen LogP contribution in [0, 0.1) is 0 Å². The lowest BCUT2D eigenvalue weighted by Gasteiger charge is -2.29. The van der Waals surface area contributed by atoms with Crippen molar-refractivity contribution in [1.29, 1.82) is 0 Å². The summed E-state index contributed by atoms with van der Waals surface area (Å²) in [6.07, 6.45) is 4.82. The summed E-state index contributed by atoms with van der Waals surface area (Å²) >= 11 is 3.32. The highest BCUT2D eigenvalue weighted by molar-refractivity contribution is 9.11. The minimum absolute atomic E-state index is 0.439. The first kappa shape index (κ1) is 8.85. The van der Waals surface area contributed by atoms with Gasteiger partial charge in [-0.05, 0) is 23.7 Å². The van der Waals surface area contributed by atoms with Crippen LogP contribution in [0.25, 0.3) is 0 Å². The Morgan fingerprint density at radius 2 is 2.36 bits per heavy atom. The average molecular weight is 217 g/mol. The molecule has 0 spiro atoms. The highest BCUT2D eigenvalue weighted by Crippen LogP contribution is 2.27. The Labute approximate surface area is 76.3 Å². The molecule has 1 unspecified atom stereocenters. The minimum Gasteiger partial charge on any atom is -0.495 e. The van der Waals surface area contributed by atoms with Crippen LogP contribution in [0.15, 0.2) is 23.4 Å². The van der Waals surface area contributed by atoms with Gasteiger partial charge in [0.05, 0.1) is 5.76 Å². The fraction of sp³-hybridized carbons (Fsp3) is 0.556. The van der Waals surface area contributed by atoms with Crippen LogP contribution in [0.4, 0.5) is 0 Å². The molecule has 2 heteroatoms. The summed E-state index contributed by atoms with van der Waals surface area (Å²) < 4.78 is 6.36. The molecule has 0 aliphatic carbocycles. The van der Waals surface area contributed by atoms with Gasteiger partial charge in [0.25, 0.3) is 0 Å². The monoisotopic (exact) mass is 216 g/mol. The molecule has 0 radical (unpaired) electrons. The quantitative estimate of drug-likeness (QED) is 0.701. The molecule has 1 atom stereocenters. The Morgan fingerprint density at radius 1 is 1.73 bits per heavy atom. The molecule has 1 saturated heterocycles. The van der Waals surface area contributed by atoms with Gasteiger partial charge in [-0.3, -0.25) is 0 Å². The molecule has 62 valence electrons. The molecule has 0 aromatic rings. The zero-order valence-electron chi connectivity index (χ0n) is 6.61. The highest BCUT2D eigenvalue weighted by atomic mass is 79.9. The number of hydrogen-bond acceptors (Lipinski definition) is 1. The van der Waals surface area contributed by atoms with E-state index < -0.39 is 0 Å². The first-order chi connectivity index (χ1) is 5.18. The lowest BCUT2D eigenvalue weighted by molar-refractivity contribution is 0.0147. The number of hydrogen-bond donors (Lipinski definition) is 0. The van der Waals surface area contributed by atoms with E-state index in [4.69, 9.17) is 4.74 Å². The fourth-order valence-corrected chi connectivity index (χ4v) is 1.44. The highest BCUT2D eigenvalue weighted by Gasteiger charge is 2.21. The van der Waals surface area contributed by atoms with E-state index in [-0.39, 0.29) is 0 Å². The Hall–Kier alpha value is -0.240. The molecule has 1 rings (SSSR count). The van der Waals surface area contributed by atoms with Crippen LogP contribution in [0.5, 0.6) is 0 Å². The zero-order valence-corrected chi connectivity index (χ0v) is 8.19. The van der Waals surface area contributed by atoms with E-state index >= 15 is 0 Å². The smallest absolute Gasteiger partial charge is 0.105 e. The Morgan fingerprint density at radius 3 is 2.82 bits per heavy atom. The van der Waals surface area contributed by atoms with E-state index in [0.717, 1.165) is 35.9 Å². The van der Waals surface area contributed by atoms with Gasteiger partial charge in [0.15, 0.2) is 0 Å². The van der Waals surface area contributed by atoms with Gasteiger partial charge in [0.1, 0.15) is 6.10 Å². The summed E-state index contributed by atoms with van der Waals surface area (Å²) in [6, 6.07) is 0. The second kappa shape index (κ2) is 3.96. The second-order valence-corrected chi connectivity index (χ2v) is 4.01. The Bertz CT molecular complexity index is 166. The summed E-state index contributed by atoms with van der Waals surface area (Å²) in [7, 11) is 0. The third kappa shape index (κ3) is 3.10. The fourth-order valence-electron chi connectivity index (χ4n) is 1.16. The predicted molar refractivity (Wildman–Crippen MR) is 50.5 cm³/mol. The topological polar surface area (TPSA) is 9.23 Å². The molecule has 1 heterocycles. The van der Waals surface area contributed by atoms with Gasteiger partial charge in [-0.1, -0.05) is 29.1 Å². The van der Waals surface area contributed by atoms with Crippen molar-refractivity contribution in [2.24, 2.45) is 0 Å². The first-order valence-electron chi connectivity index (χ1n) is 3.86. The van der Waals surface area contributed by atoms with Crippen molar-refractivity contribution in [2.75, 3.05) is 0 Å². The van der Waals surface area contributed by atoms with Gasteiger partial charge >= 0.3 is 0 Å². The molecule has 0 bridgehead atoms. The number of allylic oxidation sites excluding steroid dienone is 1. The van der Waals surface area contributed by atoms with E-state index in [1.165, 1.54) is 0 Å². The van der Waals surface area contributed by atoms with Gasteiger partial charge in [-0.2, -0.15) is 0 Å². The molecule has 1 aliphatic heterocycles. The Balaban J connectivity index is 1.96. The Kier molecular flexibility index (Phi) is 3.18. The average Bonchev–Trinajstić information content (AvgIpc) is 1.83. The van der Waals surface area contributed by atoms with Crippen molar-refractivity contribution in [1.82, 2.24) is 0 Å². The van der Waals surface area contributed by atoms with Gasteiger partial charge in [-0.15, -0.1) is 0 Å². The molecular weight excluding hydrogens is 204 g/mol. The van der Waals surface area contributed by atoms with Crippen molar-refractivity contribution in [3.63, 3.8) is 0 Å².